The predicted molar refractivity (Wildman–Crippen MR) is 155 cm³/mol. The number of carbonyl (C=O) groups is 1. The van der Waals surface area contributed by atoms with Gasteiger partial charge in [0.25, 0.3) is 15.7 Å². The summed E-state index contributed by atoms with van der Waals surface area (Å²) < 4.78 is 34.2. The second kappa shape index (κ2) is 11.9. The van der Waals surface area contributed by atoms with E-state index in [1.165, 1.54) is 44.4 Å². The number of hydrogen-bond acceptors (Lipinski definition) is 7. The summed E-state index contributed by atoms with van der Waals surface area (Å²) in [5.41, 5.74) is 2.03. The Bertz CT molecular complexity index is 1560. The highest BCUT2D eigenvalue weighted by atomic mass is 35.5. The van der Waals surface area contributed by atoms with E-state index in [2.05, 4.69) is 4.90 Å². The normalized spacial score (nSPS) is 13.7. The maximum Gasteiger partial charge on any atom is 0.273 e. The number of nitro groups is 1. The Morgan fingerprint density at radius 1 is 0.975 bits per heavy atom. The fourth-order valence-corrected chi connectivity index (χ4v) is 6.34. The number of hydrogen-bond donors (Lipinski definition) is 0. The lowest BCUT2D eigenvalue weighted by molar-refractivity contribution is -0.385. The molecular weight excluding hydrogens is 579 g/mol. The third kappa shape index (κ3) is 6.11. The first kappa shape index (κ1) is 29.4. The molecule has 0 radical (unpaired) electrons. The van der Waals surface area contributed by atoms with Crippen molar-refractivity contribution >= 4 is 56.2 Å². The molecule has 3 aromatic carbocycles. The van der Waals surface area contributed by atoms with Crippen LogP contribution in [0.5, 0.6) is 5.75 Å². The van der Waals surface area contributed by atoms with Gasteiger partial charge in [-0.2, -0.15) is 0 Å². The Balaban J connectivity index is 1.65. The molecular formula is C27H28Cl2N4O6S. The smallest absolute Gasteiger partial charge is 0.273 e. The molecule has 1 aliphatic heterocycles. The number of nitrogens with zero attached hydrogens (tertiary/aromatic N) is 4. The van der Waals surface area contributed by atoms with E-state index in [1.54, 1.807) is 4.90 Å². The van der Waals surface area contributed by atoms with Gasteiger partial charge in [0.15, 0.2) is 0 Å². The van der Waals surface area contributed by atoms with E-state index < -0.39 is 27.4 Å². The van der Waals surface area contributed by atoms with Crippen LogP contribution in [0.3, 0.4) is 0 Å². The zero-order valence-corrected chi connectivity index (χ0v) is 24.5. The Morgan fingerprint density at radius 3 is 2.25 bits per heavy atom. The molecule has 0 saturated carbocycles. The van der Waals surface area contributed by atoms with Crippen molar-refractivity contribution in [2.24, 2.45) is 0 Å². The number of halogens is 2. The summed E-state index contributed by atoms with van der Waals surface area (Å²) in [6, 6.07) is 13.7. The van der Waals surface area contributed by atoms with E-state index in [0.717, 1.165) is 21.6 Å². The number of anilines is 2. The molecule has 1 aliphatic rings. The molecule has 0 aliphatic carbocycles. The number of sulfonamides is 1. The van der Waals surface area contributed by atoms with Crippen molar-refractivity contribution in [2.45, 2.75) is 18.7 Å². The van der Waals surface area contributed by atoms with Crippen LogP contribution in [0, 0.1) is 24.0 Å². The minimum Gasteiger partial charge on any atom is -0.495 e. The lowest BCUT2D eigenvalue weighted by Gasteiger charge is -2.37. The van der Waals surface area contributed by atoms with Crippen molar-refractivity contribution in [1.82, 2.24) is 4.90 Å². The number of piperazine rings is 1. The molecule has 0 spiro atoms. The van der Waals surface area contributed by atoms with Crippen molar-refractivity contribution in [3.63, 3.8) is 0 Å². The summed E-state index contributed by atoms with van der Waals surface area (Å²) in [6.45, 7) is 4.73. The number of rotatable bonds is 8. The van der Waals surface area contributed by atoms with Crippen molar-refractivity contribution in [2.75, 3.05) is 49.0 Å². The molecule has 3 aromatic rings. The van der Waals surface area contributed by atoms with Crippen molar-refractivity contribution in [1.29, 1.82) is 0 Å². The van der Waals surface area contributed by atoms with Gasteiger partial charge in [0.05, 0.1) is 22.6 Å². The number of aryl methyl sites for hydroxylation is 2. The van der Waals surface area contributed by atoms with E-state index in [9.17, 15) is 23.3 Å². The minimum absolute atomic E-state index is 0.0415. The number of nitro benzene ring substituents is 1. The molecule has 4 rings (SSSR count). The fraction of sp³-hybridized carbons (Fsp3) is 0.296. The van der Waals surface area contributed by atoms with E-state index in [1.807, 2.05) is 25.1 Å². The van der Waals surface area contributed by atoms with Gasteiger partial charge in [-0.05, 0) is 55.8 Å². The lowest BCUT2D eigenvalue weighted by Crippen LogP contribution is -2.52. The van der Waals surface area contributed by atoms with Crippen LogP contribution in [-0.2, 0) is 14.8 Å². The molecule has 13 heteroatoms. The molecule has 0 aromatic heterocycles. The highest BCUT2D eigenvalue weighted by Gasteiger charge is 2.33. The van der Waals surface area contributed by atoms with Gasteiger partial charge >= 0.3 is 0 Å². The highest BCUT2D eigenvalue weighted by molar-refractivity contribution is 7.92. The summed E-state index contributed by atoms with van der Waals surface area (Å²) in [5, 5.41) is 12.4. The molecule has 10 nitrogen and oxygen atoms in total. The van der Waals surface area contributed by atoms with Gasteiger partial charge in [0.1, 0.15) is 12.3 Å². The topological polar surface area (TPSA) is 113 Å². The quantitative estimate of drug-likeness (QED) is 0.260. The van der Waals surface area contributed by atoms with Gasteiger partial charge < -0.3 is 14.5 Å². The average Bonchev–Trinajstić information content (AvgIpc) is 2.92. The van der Waals surface area contributed by atoms with E-state index in [4.69, 9.17) is 27.9 Å². The Labute approximate surface area is 242 Å². The van der Waals surface area contributed by atoms with Crippen LogP contribution in [-0.4, -0.2) is 64.0 Å². The zero-order chi connectivity index (χ0) is 29.2. The molecule has 0 N–H and O–H groups in total. The van der Waals surface area contributed by atoms with Crippen LogP contribution in [0.4, 0.5) is 17.1 Å². The number of benzene rings is 3. The van der Waals surface area contributed by atoms with E-state index >= 15 is 0 Å². The maximum absolute atomic E-state index is 13.9. The maximum atomic E-state index is 13.9. The molecule has 0 atom stereocenters. The molecule has 0 unspecified atom stereocenters. The first-order chi connectivity index (χ1) is 18.9. The first-order valence-corrected chi connectivity index (χ1v) is 14.5. The van der Waals surface area contributed by atoms with Crippen LogP contribution < -0.4 is 13.9 Å². The standard InChI is InChI=1S/C27H28Cl2N4O6S/c1-18-4-6-20(28)14-23(18)30-10-12-31(13-11-30)27(34)17-32(25-15-21(29)7-9-26(25)39-3)40(37,38)22-8-5-19(2)24(16-22)33(35)36/h4-9,14-16H,10-13,17H2,1-3H3. The SMILES string of the molecule is COc1ccc(Cl)cc1N(CC(=O)N1CCN(c2cc(Cl)ccc2C)CC1)S(=O)(=O)c1ccc(C)c([N+](=O)[O-])c1. The summed E-state index contributed by atoms with van der Waals surface area (Å²) in [4.78, 5) is 27.8. The van der Waals surface area contributed by atoms with Gasteiger partial charge in [-0.25, -0.2) is 8.42 Å². The lowest BCUT2D eigenvalue weighted by atomic mass is 10.1. The number of methoxy groups -OCH3 is 1. The van der Waals surface area contributed by atoms with Gasteiger partial charge in [0, 0.05) is 53.5 Å². The van der Waals surface area contributed by atoms with Gasteiger partial charge in [-0.1, -0.05) is 35.3 Å². The number of carbonyl (C=O) groups excluding carboxylic acids is 1. The minimum atomic E-state index is -4.46. The molecule has 1 fully saturated rings. The average molecular weight is 608 g/mol. The number of ether oxygens (including phenoxy) is 1. The van der Waals surface area contributed by atoms with Gasteiger partial charge in [-0.3, -0.25) is 19.2 Å². The fourth-order valence-electron chi connectivity index (χ4n) is 4.57. The van der Waals surface area contributed by atoms with Crippen molar-refractivity contribution < 1.29 is 22.9 Å². The first-order valence-electron chi connectivity index (χ1n) is 12.3. The van der Waals surface area contributed by atoms with Crippen LogP contribution in [0.25, 0.3) is 0 Å². The van der Waals surface area contributed by atoms with E-state index in [-0.39, 0.29) is 27.0 Å². The third-order valence-corrected chi connectivity index (χ3v) is 9.02. The molecule has 1 amide bonds. The second-order valence-electron chi connectivity index (χ2n) is 9.33. The molecule has 1 saturated heterocycles. The highest BCUT2D eigenvalue weighted by Crippen LogP contribution is 2.36. The molecule has 212 valence electrons. The van der Waals surface area contributed by atoms with E-state index in [0.29, 0.717) is 36.8 Å². The van der Waals surface area contributed by atoms with Crippen LogP contribution in [0.1, 0.15) is 11.1 Å². The van der Waals surface area contributed by atoms with Crippen LogP contribution in [0.15, 0.2) is 59.5 Å². The molecule has 0 bridgehead atoms. The summed E-state index contributed by atoms with van der Waals surface area (Å²) in [7, 11) is -3.09. The molecule has 1 heterocycles. The van der Waals surface area contributed by atoms with Crippen molar-refractivity contribution in [3.8, 4) is 5.75 Å². The van der Waals surface area contributed by atoms with Crippen LogP contribution in [0.2, 0.25) is 10.0 Å². The number of amides is 1. The zero-order valence-electron chi connectivity index (χ0n) is 22.1. The van der Waals surface area contributed by atoms with Gasteiger partial charge in [0.2, 0.25) is 5.91 Å². The van der Waals surface area contributed by atoms with Gasteiger partial charge in [-0.15, -0.1) is 0 Å². The summed E-state index contributed by atoms with van der Waals surface area (Å²) in [5.74, 6) is -0.265. The van der Waals surface area contributed by atoms with Crippen molar-refractivity contribution in [3.05, 3.63) is 85.9 Å². The Morgan fingerprint density at radius 2 is 1.60 bits per heavy atom. The monoisotopic (exact) mass is 606 g/mol. The predicted octanol–water partition coefficient (Wildman–Crippen LogP) is 5.07. The summed E-state index contributed by atoms with van der Waals surface area (Å²) in [6.07, 6.45) is 0. The Hall–Kier alpha value is -3.54. The second-order valence-corrected chi connectivity index (χ2v) is 12.1. The summed E-state index contributed by atoms with van der Waals surface area (Å²) >= 11 is 12.4. The Kier molecular flexibility index (Phi) is 8.77. The largest absolute Gasteiger partial charge is 0.495 e. The third-order valence-electron chi connectivity index (χ3n) is 6.80. The molecule has 40 heavy (non-hydrogen) atoms. The van der Waals surface area contributed by atoms with Crippen LogP contribution >= 0.6 is 23.2 Å².